The molecule has 0 N–H and O–H groups in total. The fraction of sp³-hybridized carbons (Fsp3) is 0.667. The van der Waals surface area contributed by atoms with Crippen LogP contribution < -0.4 is 0 Å². The molecule has 0 saturated carbocycles. The lowest BCUT2D eigenvalue weighted by Crippen LogP contribution is -2.18. The molecule has 0 aliphatic heterocycles. The summed E-state index contributed by atoms with van der Waals surface area (Å²) in [7, 11) is 0. The van der Waals surface area contributed by atoms with E-state index in [1.54, 1.807) is 0 Å². The Morgan fingerprint density at radius 1 is 1.56 bits per heavy atom. The van der Waals surface area contributed by atoms with Gasteiger partial charge in [-0.05, 0) is 37.8 Å². The Hall–Kier alpha value is -0.0900. The van der Waals surface area contributed by atoms with Gasteiger partial charge in [0.1, 0.15) is 0 Å². The van der Waals surface area contributed by atoms with Gasteiger partial charge in [-0.1, -0.05) is 6.92 Å². The molecular formula is C12H16F2S2. The molecule has 1 unspecified atom stereocenters. The zero-order valence-corrected chi connectivity index (χ0v) is 11.2. The topological polar surface area (TPSA) is 0 Å². The van der Waals surface area contributed by atoms with Gasteiger partial charge in [-0.3, -0.25) is 0 Å². The fourth-order valence-corrected chi connectivity index (χ4v) is 3.51. The molecule has 1 aromatic heterocycles. The van der Waals surface area contributed by atoms with E-state index < -0.39 is 5.92 Å². The normalized spacial score (nSPS) is 22.6. The van der Waals surface area contributed by atoms with Crippen LogP contribution in [0.1, 0.15) is 48.4 Å². The molecule has 1 aliphatic carbocycles. The van der Waals surface area contributed by atoms with Crippen LogP contribution in [0.25, 0.3) is 0 Å². The van der Waals surface area contributed by atoms with Crippen LogP contribution in [0, 0.1) is 0 Å². The Morgan fingerprint density at radius 3 is 2.81 bits per heavy atom. The van der Waals surface area contributed by atoms with Gasteiger partial charge in [0, 0.05) is 16.0 Å². The highest BCUT2D eigenvalue weighted by Gasteiger charge is 2.40. The van der Waals surface area contributed by atoms with Crippen LogP contribution in [-0.2, 0) is 17.1 Å². The number of rotatable bonds is 2. The minimum atomic E-state index is -2.62. The van der Waals surface area contributed by atoms with Crippen LogP contribution in [0.5, 0.6) is 0 Å². The first-order chi connectivity index (χ1) is 7.37. The van der Waals surface area contributed by atoms with Gasteiger partial charge in [-0.15, -0.1) is 11.3 Å². The highest BCUT2D eigenvalue weighted by Crippen LogP contribution is 2.48. The summed E-state index contributed by atoms with van der Waals surface area (Å²) in [5, 5.41) is 0. The molecule has 0 nitrogen and oxygen atoms in total. The third-order valence-electron chi connectivity index (χ3n) is 3.30. The van der Waals surface area contributed by atoms with Gasteiger partial charge in [0.05, 0.1) is 4.88 Å². The molecule has 0 spiro atoms. The lowest BCUT2D eigenvalue weighted by molar-refractivity contribution is -0.0175. The van der Waals surface area contributed by atoms with E-state index in [4.69, 9.17) is 0 Å². The molecule has 0 fully saturated rings. The summed E-state index contributed by atoms with van der Waals surface area (Å²) >= 11 is 5.80. The minimum absolute atomic E-state index is 0.00460. The SMILES string of the molecule is CCC(C)(S)c1cc2c(s1)C(F)(F)CCC2. The van der Waals surface area contributed by atoms with Gasteiger partial charge in [0.25, 0.3) is 5.92 Å². The molecule has 16 heavy (non-hydrogen) atoms. The Bertz CT molecular complexity index is 394. The Balaban J connectivity index is 2.44. The third kappa shape index (κ3) is 2.02. The van der Waals surface area contributed by atoms with E-state index in [-0.39, 0.29) is 16.0 Å². The molecule has 1 atom stereocenters. The van der Waals surface area contributed by atoms with Crippen molar-refractivity contribution in [2.24, 2.45) is 0 Å². The van der Waals surface area contributed by atoms with Crippen LogP contribution in [0.3, 0.4) is 0 Å². The average Bonchev–Trinajstić information content (AvgIpc) is 2.63. The van der Waals surface area contributed by atoms with Crippen molar-refractivity contribution in [2.45, 2.75) is 50.2 Å². The second-order valence-electron chi connectivity index (χ2n) is 4.65. The molecule has 1 aromatic rings. The van der Waals surface area contributed by atoms with Crippen molar-refractivity contribution in [1.29, 1.82) is 0 Å². The van der Waals surface area contributed by atoms with Gasteiger partial charge >= 0.3 is 0 Å². The number of hydrogen-bond acceptors (Lipinski definition) is 2. The van der Waals surface area contributed by atoms with E-state index in [9.17, 15) is 8.78 Å². The molecule has 0 bridgehead atoms. The molecule has 90 valence electrons. The van der Waals surface area contributed by atoms with Crippen LogP contribution in [0.2, 0.25) is 0 Å². The van der Waals surface area contributed by atoms with Crippen molar-refractivity contribution < 1.29 is 8.78 Å². The summed E-state index contributed by atoms with van der Waals surface area (Å²) in [6, 6.07) is 1.93. The summed E-state index contributed by atoms with van der Waals surface area (Å²) in [5.41, 5.74) is 0.838. The highest BCUT2D eigenvalue weighted by atomic mass is 32.1. The van der Waals surface area contributed by atoms with Crippen molar-refractivity contribution >= 4 is 24.0 Å². The zero-order chi connectivity index (χ0) is 12.0. The lowest BCUT2D eigenvalue weighted by atomic mass is 9.95. The standard InChI is InChI=1S/C12H16F2S2/c1-3-11(2,15)9-7-8-5-4-6-12(13,14)10(8)16-9/h7,15H,3-6H2,1-2H3. The number of aryl methyl sites for hydroxylation is 1. The summed E-state index contributed by atoms with van der Waals surface area (Å²) in [6.45, 7) is 4.02. The number of fused-ring (bicyclic) bond motifs is 1. The molecule has 0 aromatic carbocycles. The third-order valence-corrected chi connectivity index (χ3v) is 5.56. The van der Waals surface area contributed by atoms with Crippen LogP contribution in [0.4, 0.5) is 8.78 Å². The predicted molar refractivity (Wildman–Crippen MR) is 67.8 cm³/mol. The number of hydrogen-bond donors (Lipinski definition) is 1. The first kappa shape index (κ1) is 12.4. The molecule has 1 aliphatic rings. The van der Waals surface area contributed by atoms with E-state index in [2.05, 4.69) is 12.6 Å². The quantitative estimate of drug-likeness (QED) is 0.732. The van der Waals surface area contributed by atoms with E-state index in [0.29, 0.717) is 6.42 Å². The molecule has 0 amide bonds. The van der Waals surface area contributed by atoms with Gasteiger partial charge in [-0.2, -0.15) is 12.6 Å². The van der Waals surface area contributed by atoms with E-state index in [0.717, 1.165) is 23.3 Å². The maximum absolute atomic E-state index is 13.7. The zero-order valence-electron chi connectivity index (χ0n) is 9.52. The first-order valence-corrected chi connectivity index (χ1v) is 6.87. The van der Waals surface area contributed by atoms with Crippen LogP contribution >= 0.6 is 24.0 Å². The summed E-state index contributed by atoms with van der Waals surface area (Å²) in [4.78, 5) is 1.26. The van der Waals surface area contributed by atoms with Crippen LogP contribution in [0.15, 0.2) is 6.07 Å². The second kappa shape index (κ2) is 3.98. The number of thiophene rings is 1. The maximum Gasteiger partial charge on any atom is 0.282 e. The van der Waals surface area contributed by atoms with Crippen molar-refractivity contribution in [1.82, 2.24) is 0 Å². The van der Waals surface area contributed by atoms with E-state index >= 15 is 0 Å². The first-order valence-electron chi connectivity index (χ1n) is 5.60. The van der Waals surface area contributed by atoms with Gasteiger partial charge < -0.3 is 0 Å². The summed E-state index contributed by atoms with van der Waals surface area (Å²) < 4.78 is 27.1. The highest BCUT2D eigenvalue weighted by molar-refractivity contribution is 7.81. The lowest BCUT2D eigenvalue weighted by Gasteiger charge is -2.21. The Kier molecular flexibility index (Phi) is 3.08. The number of alkyl halides is 2. The van der Waals surface area contributed by atoms with E-state index in [1.165, 1.54) is 11.3 Å². The Labute approximate surface area is 104 Å². The van der Waals surface area contributed by atoms with Crippen LogP contribution in [-0.4, -0.2) is 0 Å². The van der Waals surface area contributed by atoms with Crippen molar-refractivity contribution in [3.63, 3.8) is 0 Å². The predicted octanol–water partition coefficient (Wildman–Crippen LogP) is 4.73. The molecule has 2 rings (SSSR count). The molecular weight excluding hydrogens is 246 g/mol. The maximum atomic E-state index is 13.7. The molecule has 0 saturated heterocycles. The number of halogens is 2. The van der Waals surface area contributed by atoms with E-state index in [1.807, 2.05) is 19.9 Å². The Morgan fingerprint density at radius 2 is 2.25 bits per heavy atom. The largest absolute Gasteiger partial charge is 0.282 e. The molecule has 4 heteroatoms. The minimum Gasteiger partial charge on any atom is -0.200 e. The second-order valence-corrected chi connectivity index (χ2v) is 6.69. The van der Waals surface area contributed by atoms with Crippen molar-refractivity contribution in [3.8, 4) is 0 Å². The fourth-order valence-electron chi connectivity index (χ4n) is 1.98. The number of thiol groups is 1. The van der Waals surface area contributed by atoms with Gasteiger partial charge in [0.15, 0.2) is 0 Å². The molecule has 0 radical (unpaired) electrons. The summed E-state index contributed by atoms with van der Waals surface area (Å²) in [5.74, 6) is -2.62. The van der Waals surface area contributed by atoms with Gasteiger partial charge in [0.2, 0.25) is 0 Å². The average molecular weight is 262 g/mol. The van der Waals surface area contributed by atoms with Gasteiger partial charge in [-0.25, -0.2) is 8.78 Å². The molecule has 1 heterocycles. The monoisotopic (exact) mass is 262 g/mol. The smallest absolute Gasteiger partial charge is 0.200 e. The van der Waals surface area contributed by atoms with Crippen molar-refractivity contribution in [2.75, 3.05) is 0 Å². The van der Waals surface area contributed by atoms with Crippen molar-refractivity contribution in [3.05, 3.63) is 21.4 Å². The summed E-state index contributed by atoms with van der Waals surface area (Å²) in [6.07, 6.45) is 2.22.